The highest BCUT2D eigenvalue weighted by Gasteiger charge is 2.29. The molecule has 2 aliphatic rings. The standard InChI is InChI=1S/C17H22N4/c1-2-15-17-20-19-16(21(17)10-9-18-15)14-8-7-12-5-3-4-6-13(12)11-14/h3-6,14-15,18H,2,7-11H2,1H3. The van der Waals surface area contributed by atoms with Gasteiger partial charge in [0.15, 0.2) is 0 Å². The molecule has 2 unspecified atom stereocenters. The van der Waals surface area contributed by atoms with Crippen LogP contribution in [0.1, 0.15) is 54.5 Å². The lowest BCUT2D eigenvalue weighted by molar-refractivity contribution is 0.391. The van der Waals surface area contributed by atoms with E-state index in [-0.39, 0.29) is 0 Å². The second kappa shape index (κ2) is 5.26. The molecule has 4 heteroatoms. The lowest BCUT2D eigenvalue weighted by Gasteiger charge is -2.28. The van der Waals surface area contributed by atoms with E-state index in [1.54, 1.807) is 0 Å². The Labute approximate surface area is 125 Å². The Morgan fingerprint density at radius 3 is 2.86 bits per heavy atom. The number of benzene rings is 1. The van der Waals surface area contributed by atoms with Crippen LogP contribution in [0.2, 0.25) is 0 Å². The molecule has 0 fully saturated rings. The van der Waals surface area contributed by atoms with Gasteiger partial charge >= 0.3 is 0 Å². The van der Waals surface area contributed by atoms with Crippen molar-refractivity contribution in [1.82, 2.24) is 20.1 Å². The van der Waals surface area contributed by atoms with Gasteiger partial charge in [-0.1, -0.05) is 31.2 Å². The summed E-state index contributed by atoms with van der Waals surface area (Å²) in [6, 6.07) is 9.20. The Morgan fingerprint density at radius 2 is 2.00 bits per heavy atom. The van der Waals surface area contributed by atoms with Crippen LogP contribution >= 0.6 is 0 Å². The summed E-state index contributed by atoms with van der Waals surface area (Å²) in [4.78, 5) is 0. The van der Waals surface area contributed by atoms with E-state index in [4.69, 9.17) is 0 Å². The Hall–Kier alpha value is -1.68. The fraction of sp³-hybridized carbons (Fsp3) is 0.529. The van der Waals surface area contributed by atoms with Gasteiger partial charge in [0.25, 0.3) is 0 Å². The fourth-order valence-electron chi connectivity index (χ4n) is 3.80. The Kier molecular flexibility index (Phi) is 3.26. The van der Waals surface area contributed by atoms with E-state index in [1.165, 1.54) is 29.8 Å². The average molecular weight is 282 g/mol. The second-order valence-electron chi connectivity index (χ2n) is 6.19. The predicted octanol–water partition coefficient (Wildman–Crippen LogP) is 2.60. The van der Waals surface area contributed by atoms with Crippen LogP contribution < -0.4 is 5.32 Å². The van der Waals surface area contributed by atoms with Gasteiger partial charge in [-0.2, -0.15) is 0 Å². The fourth-order valence-corrected chi connectivity index (χ4v) is 3.80. The Balaban J connectivity index is 1.65. The minimum absolute atomic E-state index is 0.371. The van der Waals surface area contributed by atoms with E-state index in [1.807, 2.05) is 0 Å². The number of rotatable bonds is 2. The first-order chi connectivity index (χ1) is 10.4. The maximum atomic E-state index is 4.57. The molecule has 0 saturated carbocycles. The average Bonchev–Trinajstić information content (AvgIpc) is 2.98. The van der Waals surface area contributed by atoms with Crippen LogP contribution in [0.5, 0.6) is 0 Å². The van der Waals surface area contributed by atoms with Crippen molar-refractivity contribution in [2.75, 3.05) is 6.54 Å². The first kappa shape index (κ1) is 13.0. The van der Waals surface area contributed by atoms with E-state index in [0.29, 0.717) is 12.0 Å². The monoisotopic (exact) mass is 282 g/mol. The zero-order chi connectivity index (χ0) is 14.2. The van der Waals surface area contributed by atoms with Gasteiger partial charge in [-0.05, 0) is 36.8 Å². The summed E-state index contributed by atoms with van der Waals surface area (Å²) in [5.74, 6) is 2.87. The van der Waals surface area contributed by atoms with Gasteiger partial charge < -0.3 is 9.88 Å². The SMILES string of the molecule is CCC1NCCn2c(C3CCc4ccccc4C3)nnc21. The van der Waals surface area contributed by atoms with E-state index in [9.17, 15) is 0 Å². The van der Waals surface area contributed by atoms with Gasteiger partial charge in [-0.25, -0.2) is 0 Å². The maximum absolute atomic E-state index is 4.57. The Morgan fingerprint density at radius 1 is 1.19 bits per heavy atom. The minimum atomic E-state index is 0.371. The smallest absolute Gasteiger partial charge is 0.150 e. The molecule has 1 aliphatic heterocycles. The van der Waals surface area contributed by atoms with Crippen molar-refractivity contribution in [3.63, 3.8) is 0 Å². The van der Waals surface area contributed by atoms with E-state index in [0.717, 1.165) is 31.8 Å². The molecule has 2 heterocycles. The van der Waals surface area contributed by atoms with Crippen molar-refractivity contribution < 1.29 is 0 Å². The van der Waals surface area contributed by atoms with Crippen molar-refractivity contribution >= 4 is 0 Å². The summed E-state index contributed by atoms with van der Waals surface area (Å²) < 4.78 is 2.38. The highest BCUT2D eigenvalue weighted by molar-refractivity contribution is 5.31. The van der Waals surface area contributed by atoms with Crippen molar-refractivity contribution in [2.24, 2.45) is 0 Å². The topological polar surface area (TPSA) is 42.7 Å². The highest BCUT2D eigenvalue weighted by Crippen LogP contribution is 2.33. The lowest BCUT2D eigenvalue weighted by atomic mass is 9.83. The lowest BCUT2D eigenvalue weighted by Crippen LogP contribution is -2.34. The molecule has 1 aromatic carbocycles. The molecule has 0 bridgehead atoms. The third-order valence-corrected chi connectivity index (χ3v) is 4.97. The number of hydrogen-bond acceptors (Lipinski definition) is 3. The van der Waals surface area contributed by atoms with Crippen LogP contribution in [0.3, 0.4) is 0 Å². The molecule has 110 valence electrons. The number of aryl methyl sites for hydroxylation is 1. The quantitative estimate of drug-likeness (QED) is 0.920. The molecule has 1 aliphatic carbocycles. The largest absolute Gasteiger partial charge is 0.312 e. The van der Waals surface area contributed by atoms with Gasteiger partial charge in [-0.15, -0.1) is 10.2 Å². The second-order valence-corrected chi connectivity index (χ2v) is 6.19. The molecule has 2 atom stereocenters. The minimum Gasteiger partial charge on any atom is -0.312 e. The third-order valence-electron chi connectivity index (χ3n) is 4.97. The summed E-state index contributed by atoms with van der Waals surface area (Å²) in [6.45, 7) is 4.24. The van der Waals surface area contributed by atoms with Crippen LogP contribution in [-0.2, 0) is 19.4 Å². The summed E-state index contributed by atoms with van der Waals surface area (Å²) in [5, 5.41) is 12.6. The molecule has 1 N–H and O–H groups in total. The predicted molar refractivity (Wildman–Crippen MR) is 82.3 cm³/mol. The van der Waals surface area contributed by atoms with Crippen LogP contribution in [0, 0.1) is 0 Å². The van der Waals surface area contributed by atoms with Crippen LogP contribution in [0.15, 0.2) is 24.3 Å². The molecular formula is C17H22N4. The molecule has 0 saturated heterocycles. The van der Waals surface area contributed by atoms with Gasteiger partial charge in [0.2, 0.25) is 0 Å². The van der Waals surface area contributed by atoms with Gasteiger partial charge in [-0.3, -0.25) is 0 Å². The zero-order valence-electron chi connectivity index (χ0n) is 12.5. The first-order valence-corrected chi connectivity index (χ1v) is 8.10. The van der Waals surface area contributed by atoms with E-state index in [2.05, 4.69) is 51.3 Å². The number of nitrogens with one attached hydrogen (secondary N) is 1. The summed E-state index contributed by atoms with van der Waals surface area (Å²) in [7, 11) is 0. The molecule has 4 nitrogen and oxygen atoms in total. The highest BCUT2D eigenvalue weighted by atomic mass is 15.3. The van der Waals surface area contributed by atoms with Crippen molar-refractivity contribution in [3.05, 3.63) is 47.0 Å². The van der Waals surface area contributed by atoms with Crippen molar-refractivity contribution in [3.8, 4) is 0 Å². The number of fused-ring (bicyclic) bond motifs is 2. The van der Waals surface area contributed by atoms with Crippen LogP contribution in [-0.4, -0.2) is 21.3 Å². The van der Waals surface area contributed by atoms with Crippen LogP contribution in [0.4, 0.5) is 0 Å². The summed E-state index contributed by atoms with van der Waals surface area (Å²) in [6.07, 6.45) is 4.54. The molecule has 1 aromatic heterocycles. The van der Waals surface area contributed by atoms with E-state index < -0.39 is 0 Å². The third kappa shape index (κ3) is 2.18. The molecule has 0 spiro atoms. The van der Waals surface area contributed by atoms with E-state index >= 15 is 0 Å². The summed E-state index contributed by atoms with van der Waals surface area (Å²) >= 11 is 0. The van der Waals surface area contributed by atoms with Gasteiger partial charge in [0, 0.05) is 19.0 Å². The molecule has 2 aromatic rings. The first-order valence-electron chi connectivity index (χ1n) is 8.10. The molecule has 21 heavy (non-hydrogen) atoms. The normalized spacial score (nSPS) is 24.4. The number of aromatic nitrogens is 3. The maximum Gasteiger partial charge on any atom is 0.150 e. The number of hydrogen-bond donors (Lipinski definition) is 1. The molecule has 0 radical (unpaired) electrons. The van der Waals surface area contributed by atoms with Crippen molar-refractivity contribution in [1.29, 1.82) is 0 Å². The summed E-state index contributed by atoms with van der Waals surface area (Å²) in [5.41, 5.74) is 3.01. The zero-order valence-corrected chi connectivity index (χ0v) is 12.5. The Bertz CT molecular complexity index is 646. The molecular weight excluding hydrogens is 260 g/mol. The number of nitrogens with zero attached hydrogens (tertiary/aromatic N) is 3. The molecule has 4 rings (SSSR count). The van der Waals surface area contributed by atoms with Gasteiger partial charge in [0.1, 0.15) is 11.6 Å². The van der Waals surface area contributed by atoms with Crippen molar-refractivity contribution in [2.45, 2.75) is 51.1 Å². The van der Waals surface area contributed by atoms with Gasteiger partial charge in [0.05, 0.1) is 6.04 Å². The van der Waals surface area contributed by atoms with Crippen LogP contribution in [0.25, 0.3) is 0 Å². The molecule has 0 amide bonds.